The number of fused-ring (bicyclic) bond motifs is 1. The van der Waals surface area contributed by atoms with Crippen LogP contribution >= 0.6 is 15.9 Å². The molecule has 2 aliphatic rings. The molecule has 0 spiro atoms. The van der Waals surface area contributed by atoms with Gasteiger partial charge in [-0.15, -0.1) is 0 Å². The Morgan fingerprint density at radius 3 is 2.50 bits per heavy atom. The molecule has 1 atom stereocenters. The van der Waals surface area contributed by atoms with Gasteiger partial charge in [0.05, 0.1) is 17.8 Å². The van der Waals surface area contributed by atoms with Gasteiger partial charge in [-0.05, 0) is 40.9 Å². The Bertz CT molecular complexity index is 931. The maximum Gasteiger partial charge on any atom is 0.238 e. The lowest BCUT2D eigenvalue weighted by molar-refractivity contribution is -0.125. The smallest absolute Gasteiger partial charge is 0.238 e. The van der Waals surface area contributed by atoms with Crippen molar-refractivity contribution < 1.29 is 4.79 Å². The summed E-state index contributed by atoms with van der Waals surface area (Å²) in [4.78, 5) is 32.0. The van der Waals surface area contributed by atoms with Gasteiger partial charge in [-0.1, -0.05) is 19.9 Å². The zero-order chi connectivity index (χ0) is 18.5. The molecule has 0 saturated carbocycles. The molecular formula is C19H18BrN5O. The number of amides is 1. The first-order valence-electron chi connectivity index (χ1n) is 8.41. The van der Waals surface area contributed by atoms with Crippen molar-refractivity contribution in [3.63, 3.8) is 0 Å². The molecule has 0 aromatic carbocycles. The SMILES string of the molecule is Cc1ncc(C2=CCC3C(=C2)N(c2cnc(Br)cn2)C(=O)C3(C)C)cn1. The Hall–Kier alpha value is -2.41. The lowest BCUT2D eigenvalue weighted by Crippen LogP contribution is -2.31. The highest BCUT2D eigenvalue weighted by molar-refractivity contribution is 9.10. The van der Waals surface area contributed by atoms with Crippen LogP contribution in [0.2, 0.25) is 0 Å². The van der Waals surface area contributed by atoms with Crippen LogP contribution in [0.15, 0.2) is 47.2 Å². The summed E-state index contributed by atoms with van der Waals surface area (Å²) in [7, 11) is 0. The van der Waals surface area contributed by atoms with Crippen molar-refractivity contribution in [2.45, 2.75) is 27.2 Å². The maximum absolute atomic E-state index is 13.1. The first kappa shape index (κ1) is 17.0. The number of hydrogen-bond donors (Lipinski definition) is 0. The quantitative estimate of drug-likeness (QED) is 0.752. The van der Waals surface area contributed by atoms with Gasteiger partial charge in [0.1, 0.15) is 10.4 Å². The number of carbonyl (C=O) groups is 1. The van der Waals surface area contributed by atoms with Gasteiger partial charge in [-0.25, -0.2) is 19.9 Å². The first-order valence-corrected chi connectivity index (χ1v) is 9.20. The highest BCUT2D eigenvalue weighted by atomic mass is 79.9. The lowest BCUT2D eigenvalue weighted by atomic mass is 9.75. The van der Waals surface area contributed by atoms with Crippen LogP contribution in [0, 0.1) is 18.3 Å². The predicted molar refractivity (Wildman–Crippen MR) is 102 cm³/mol. The average molecular weight is 412 g/mol. The highest BCUT2D eigenvalue weighted by Crippen LogP contribution is 2.49. The average Bonchev–Trinajstić information content (AvgIpc) is 2.83. The van der Waals surface area contributed by atoms with E-state index in [1.54, 1.807) is 17.3 Å². The molecule has 1 unspecified atom stereocenters. The molecule has 7 heteroatoms. The molecule has 1 aliphatic heterocycles. The van der Waals surface area contributed by atoms with E-state index in [-0.39, 0.29) is 11.8 Å². The molecule has 1 aliphatic carbocycles. The van der Waals surface area contributed by atoms with E-state index in [2.05, 4.69) is 48.0 Å². The second kappa shape index (κ2) is 6.09. The number of rotatable bonds is 2. The summed E-state index contributed by atoms with van der Waals surface area (Å²) in [6.45, 7) is 5.85. The van der Waals surface area contributed by atoms with Crippen molar-refractivity contribution in [1.82, 2.24) is 19.9 Å². The lowest BCUT2D eigenvalue weighted by Gasteiger charge is -2.25. The predicted octanol–water partition coefficient (Wildman–Crippen LogP) is 3.70. The Kier molecular flexibility index (Phi) is 3.99. The van der Waals surface area contributed by atoms with Crippen LogP contribution in [0.25, 0.3) is 5.57 Å². The molecule has 3 heterocycles. The number of carbonyl (C=O) groups excluding carboxylic acids is 1. The zero-order valence-electron chi connectivity index (χ0n) is 14.8. The number of aryl methyl sites for hydroxylation is 1. The summed E-state index contributed by atoms with van der Waals surface area (Å²) in [6.07, 6.45) is 11.9. The normalized spacial score (nSPS) is 21.3. The molecule has 26 heavy (non-hydrogen) atoms. The van der Waals surface area contributed by atoms with Crippen molar-refractivity contribution >= 4 is 33.2 Å². The summed E-state index contributed by atoms with van der Waals surface area (Å²) in [5.74, 6) is 1.43. The van der Waals surface area contributed by atoms with Gasteiger partial charge in [0.25, 0.3) is 0 Å². The summed E-state index contributed by atoms with van der Waals surface area (Å²) in [5.41, 5.74) is 2.43. The van der Waals surface area contributed by atoms with Crippen molar-refractivity contribution in [2.75, 3.05) is 4.90 Å². The molecule has 132 valence electrons. The van der Waals surface area contributed by atoms with Crippen LogP contribution in [0.3, 0.4) is 0 Å². The van der Waals surface area contributed by atoms with Gasteiger partial charge in [0.2, 0.25) is 5.91 Å². The van der Waals surface area contributed by atoms with E-state index in [4.69, 9.17) is 0 Å². The molecule has 4 rings (SSSR count). The fourth-order valence-electron chi connectivity index (χ4n) is 3.52. The minimum Gasteiger partial charge on any atom is -0.273 e. The van der Waals surface area contributed by atoms with Gasteiger partial charge < -0.3 is 0 Å². The van der Waals surface area contributed by atoms with Crippen LogP contribution in [-0.4, -0.2) is 25.8 Å². The van der Waals surface area contributed by atoms with Gasteiger partial charge >= 0.3 is 0 Å². The minimum atomic E-state index is -0.494. The van der Waals surface area contributed by atoms with Crippen LogP contribution in [-0.2, 0) is 4.79 Å². The third kappa shape index (κ3) is 2.67. The summed E-state index contributed by atoms with van der Waals surface area (Å²) < 4.78 is 0.638. The molecule has 2 aromatic heterocycles. The highest BCUT2D eigenvalue weighted by Gasteiger charge is 2.51. The van der Waals surface area contributed by atoms with E-state index < -0.39 is 5.41 Å². The van der Waals surface area contributed by atoms with Crippen molar-refractivity contribution in [1.29, 1.82) is 0 Å². The van der Waals surface area contributed by atoms with Crippen molar-refractivity contribution in [2.24, 2.45) is 11.3 Å². The second-order valence-corrected chi connectivity index (χ2v) is 7.91. The van der Waals surface area contributed by atoms with Crippen molar-refractivity contribution in [3.8, 4) is 0 Å². The van der Waals surface area contributed by atoms with E-state index >= 15 is 0 Å². The van der Waals surface area contributed by atoms with Crippen LogP contribution < -0.4 is 4.90 Å². The first-order chi connectivity index (χ1) is 12.4. The number of aromatic nitrogens is 4. The van der Waals surface area contributed by atoms with Gasteiger partial charge in [0, 0.05) is 29.6 Å². The van der Waals surface area contributed by atoms with Crippen LogP contribution in [0.1, 0.15) is 31.7 Å². The van der Waals surface area contributed by atoms with E-state index in [1.165, 1.54) is 0 Å². The molecular weight excluding hydrogens is 394 g/mol. The fourth-order valence-corrected chi connectivity index (χ4v) is 3.73. The zero-order valence-corrected chi connectivity index (χ0v) is 16.4. The molecule has 1 amide bonds. The number of hydrogen-bond acceptors (Lipinski definition) is 5. The monoisotopic (exact) mass is 411 g/mol. The van der Waals surface area contributed by atoms with Crippen molar-refractivity contribution in [3.05, 3.63) is 58.6 Å². The Morgan fingerprint density at radius 1 is 1.12 bits per heavy atom. The van der Waals surface area contributed by atoms with E-state index in [0.29, 0.717) is 10.4 Å². The standard InChI is InChI=1S/C19H18BrN5O/c1-11-21-7-13(8-22-11)12-4-5-14-15(6-12)25(18(26)19(14,2)3)17-10-23-16(20)9-24-17/h4,6-10,14H,5H2,1-3H3. The third-order valence-corrected chi connectivity index (χ3v) is 5.48. The number of anilines is 1. The molecule has 0 radical (unpaired) electrons. The molecule has 6 nitrogen and oxygen atoms in total. The number of nitrogens with zero attached hydrogens (tertiary/aromatic N) is 5. The van der Waals surface area contributed by atoms with E-state index in [1.807, 2.05) is 33.2 Å². The third-order valence-electron chi connectivity index (χ3n) is 5.07. The summed E-state index contributed by atoms with van der Waals surface area (Å²) in [5, 5.41) is 0. The molecule has 0 bridgehead atoms. The molecule has 1 fully saturated rings. The topological polar surface area (TPSA) is 71.9 Å². The Balaban J connectivity index is 1.79. The second-order valence-electron chi connectivity index (χ2n) is 7.10. The molecule has 1 saturated heterocycles. The fraction of sp³-hybridized carbons (Fsp3) is 0.316. The number of halogens is 1. The van der Waals surface area contributed by atoms with E-state index in [9.17, 15) is 4.79 Å². The Morgan fingerprint density at radius 2 is 1.85 bits per heavy atom. The van der Waals surface area contributed by atoms with Crippen LogP contribution in [0.4, 0.5) is 5.82 Å². The molecule has 2 aromatic rings. The number of allylic oxidation sites excluding steroid dienone is 4. The van der Waals surface area contributed by atoms with Gasteiger partial charge in [-0.3, -0.25) is 9.69 Å². The van der Waals surface area contributed by atoms with Crippen LogP contribution in [0.5, 0.6) is 0 Å². The summed E-state index contributed by atoms with van der Waals surface area (Å²) >= 11 is 3.29. The largest absolute Gasteiger partial charge is 0.273 e. The minimum absolute atomic E-state index is 0.0418. The van der Waals surface area contributed by atoms with Gasteiger partial charge in [0.15, 0.2) is 5.82 Å². The molecule has 0 N–H and O–H groups in total. The maximum atomic E-state index is 13.1. The Labute approximate surface area is 160 Å². The summed E-state index contributed by atoms with van der Waals surface area (Å²) in [6, 6.07) is 0. The van der Waals surface area contributed by atoms with Gasteiger partial charge in [-0.2, -0.15) is 0 Å². The van der Waals surface area contributed by atoms with E-state index in [0.717, 1.165) is 29.1 Å².